The van der Waals surface area contributed by atoms with Crippen molar-refractivity contribution in [2.45, 2.75) is 6.43 Å². The normalized spacial score (nSPS) is 14.2. The molecule has 0 atom stereocenters. The number of nitrogens with zero attached hydrogens (tertiary/aromatic N) is 6. The molecule has 212 valence electrons. The largest absolute Gasteiger partial charge is 0.494 e. The minimum atomic E-state index is -3.54. The Hall–Kier alpha value is -3.95. The first-order valence-corrected chi connectivity index (χ1v) is 14.1. The van der Waals surface area contributed by atoms with Crippen molar-refractivity contribution in [3.8, 4) is 23.1 Å². The summed E-state index contributed by atoms with van der Waals surface area (Å²) in [5, 5.41) is 2.80. The summed E-state index contributed by atoms with van der Waals surface area (Å²) in [4.78, 5) is 19.8. The van der Waals surface area contributed by atoms with Crippen molar-refractivity contribution >= 4 is 32.7 Å². The van der Waals surface area contributed by atoms with Crippen LogP contribution in [0.4, 0.5) is 20.4 Å². The molecule has 1 aliphatic heterocycles. The SMILES string of the molecule is CNCCS(=O)(=O)Nc1ccc(-c2nc(N3CCOCC3)nc(-n3c(C(F)F)nc4c(OC)cccc43)n2)cc1. The van der Waals surface area contributed by atoms with Gasteiger partial charge in [0.15, 0.2) is 11.6 Å². The highest BCUT2D eigenvalue weighted by atomic mass is 32.2. The van der Waals surface area contributed by atoms with E-state index in [9.17, 15) is 17.2 Å². The maximum atomic E-state index is 14.2. The van der Waals surface area contributed by atoms with Crippen LogP contribution in [0.3, 0.4) is 0 Å². The topological polar surface area (TPSA) is 136 Å². The number of anilines is 2. The molecule has 1 saturated heterocycles. The Morgan fingerprint density at radius 3 is 2.42 bits per heavy atom. The lowest BCUT2D eigenvalue weighted by molar-refractivity contribution is 0.122. The molecule has 2 aromatic heterocycles. The fraction of sp³-hybridized carbons (Fsp3) is 0.360. The molecule has 0 aliphatic carbocycles. The van der Waals surface area contributed by atoms with Crippen LogP contribution in [-0.2, 0) is 14.8 Å². The lowest BCUT2D eigenvalue weighted by atomic mass is 10.2. The molecule has 15 heteroatoms. The van der Waals surface area contributed by atoms with Gasteiger partial charge in [0.2, 0.25) is 21.9 Å². The number of fused-ring (bicyclic) bond motifs is 1. The Morgan fingerprint density at radius 2 is 1.75 bits per heavy atom. The van der Waals surface area contributed by atoms with Crippen molar-refractivity contribution < 1.29 is 26.7 Å². The van der Waals surface area contributed by atoms with Crippen LogP contribution in [0.15, 0.2) is 42.5 Å². The molecule has 0 spiro atoms. The monoisotopic (exact) mass is 574 g/mol. The summed E-state index contributed by atoms with van der Waals surface area (Å²) in [5.74, 6) is 0.214. The molecule has 12 nitrogen and oxygen atoms in total. The van der Waals surface area contributed by atoms with E-state index in [1.165, 1.54) is 11.7 Å². The van der Waals surface area contributed by atoms with Crippen LogP contribution in [0.2, 0.25) is 0 Å². The second-order valence-corrected chi connectivity index (χ2v) is 10.7. The van der Waals surface area contributed by atoms with E-state index in [2.05, 4.69) is 30.0 Å². The number of imidazole rings is 1. The molecule has 0 saturated carbocycles. The van der Waals surface area contributed by atoms with Crippen LogP contribution in [0.1, 0.15) is 12.2 Å². The zero-order valence-electron chi connectivity index (χ0n) is 21.8. The van der Waals surface area contributed by atoms with E-state index in [0.29, 0.717) is 61.3 Å². The van der Waals surface area contributed by atoms with Gasteiger partial charge in [-0.3, -0.25) is 9.29 Å². The van der Waals surface area contributed by atoms with Gasteiger partial charge >= 0.3 is 0 Å². The predicted octanol–water partition coefficient (Wildman–Crippen LogP) is 2.62. The second kappa shape index (κ2) is 11.7. The van der Waals surface area contributed by atoms with Gasteiger partial charge in [-0.1, -0.05) is 6.07 Å². The molecule has 3 heterocycles. The maximum absolute atomic E-state index is 14.2. The van der Waals surface area contributed by atoms with Crippen molar-refractivity contribution in [1.29, 1.82) is 0 Å². The van der Waals surface area contributed by atoms with E-state index < -0.39 is 22.3 Å². The van der Waals surface area contributed by atoms with E-state index in [0.717, 1.165) is 0 Å². The molecule has 0 radical (unpaired) electrons. The Morgan fingerprint density at radius 1 is 1.02 bits per heavy atom. The standard InChI is InChI=1S/C25H28F2N8O4S/c1-28-10-15-40(36,37)33-17-8-6-16(7-9-17)22-30-24(34-11-13-39-14-12-34)32-25(31-22)35-18-4-3-5-19(38-2)20(18)29-23(35)21(26)27/h3-9,21,28,33H,10-15H2,1-2H3. The molecule has 0 bridgehead atoms. The third-order valence-corrected chi connectivity index (χ3v) is 7.52. The molecular weight excluding hydrogens is 546 g/mol. The number of ether oxygens (including phenoxy) is 2. The Balaban J connectivity index is 1.61. The van der Waals surface area contributed by atoms with Crippen molar-refractivity contribution in [1.82, 2.24) is 29.8 Å². The molecule has 40 heavy (non-hydrogen) atoms. The smallest absolute Gasteiger partial charge is 0.296 e. The van der Waals surface area contributed by atoms with Gasteiger partial charge in [0, 0.05) is 30.9 Å². The lowest BCUT2D eigenvalue weighted by Gasteiger charge is -2.27. The van der Waals surface area contributed by atoms with Crippen molar-refractivity contribution in [3.05, 3.63) is 48.3 Å². The first-order valence-electron chi connectivity index (χ1n) is 12.5. The van der Waals surface area contributed by atoms with Crippen LogP contribution < -0.4 is 19.7 Å². The highest BCUT2D eigenvalue weighted by Gasteiger charge is 2.26. The summed E-state index contributed by atoms with van der Waals surface area (Å²) in [6.07, 6.45) is -2.92. The number of hydrogen-bond donors (Lipinski definition) is 2. The van der Waals surface area contributed by atoms with E-state index in [1.807, 2.05) is 4.90 Å². The van der Waals surface area contributed by atoms with Gasteiger partial charge in [-0.25, -0.2) is 22.2 Å². The molecule has 5 rings (SSSR count). The Bertz CT molecular complexity index is 1590. The van der Waals surface area contributed by atoms with Crippen LogP contribution in [0.25, 0.3) is 28.4 Å². The number of alkyl halides is 2. The van der Waals surface area contributed by atoms with Crippen molar-refractivity contribution in [3.63, 3.8) is 0 Å². The third kappa shape index (κ3) is 5.80. The number of benzene rings is 2. The zero-order chi connectivity index (χ0) is 28.3. The van der Waals surface area contributed by atoms with E-state index >= 15 is 0 Å². The summed E-state index contributed by atoms with van der Waals surface area (Å²) in [7, 11) is -0.420. The average Bonchev–Trinajstić information content (AvgIpc) is 3.37. The lowest BCUT2D eigenvalue weighted by Crippen LogP contribution is -2.37. The number of nitrogens with one attached hydrogen (secondary N) is 2. The number of methoxy groups -OCH3 is 1. The van der Waals surface area contributed by atoms with Crippen LogP contribution in [-0.4, -0.2) is 85.7 Å². The Kier molecular flexibility index (Phi) is 8.04. The van der Waals surface area contributed by atoms with Crippen LogP contribution in [0.5, 0.6) is 5.75 Å². The van der Waals surface area contributed by atoms with Gasteiger partial charge in [-0.15, -0.1) is 0 Å². The predicted molar refractivity (Wildman–Crippen MR) is 146 cm³/mol. The number of aromatic nitrogens is 5. The van der Waals surface area contributed by atoms with Gasteiger partial charge < -0.3 is 19.7 Å². The molecule has 0 unspecified atom stereocenters. The molecule has 0 amide bonds. The average molecular weight is 575 g/mol. The van der Waals surface area contributed by atoms with E-state index in [1.54, 1.807) is 49.5 Å². The zero-order valence-corrected chi connectivity index (χ0v) is 22.7. The number of morpholine rings is 1. The van der Waals surface area contributed by atoms with Gasteiger partial charge in [0.1, 0.15) is 11.3 Å². The van der Waals surface area contributed by atoms with Crippen LogP contribution >= 0.6 is 0 Å². The van der Waals surface area contributed by atoms with Gasteiger partial charge in [0.05, 0.1) is 31.6 Å². The molecule has 1 aliphatic rings. The summed E-state index contributed by atoms with van der Waals surface area (Å²) in [6.45, 7) is 2.26. The van der Waals surface area contributed by atoms with Gasteiger partial charge in [-0.05, 0) is 43.4 Å². The number of hydrogen-bond acceptors (Lipinski definition) is 10. The maximum Gasteiger partial charge on any atom is 0.296 e. The van der Waals surface area contributed by atoms with Crippen LogP contribution in [0, 0.1) is 0 Å². The highest BCUT2D eigenvalue weighted by molar-refractivity contribution is 7.92. The number of rotatable bonds is 10. The van der Waals surface area contributed by atoms with Gasteiger partial charge in [-0.2, -0.15) is 15.0 Å². The minimum Gasteiger partial charge on any atom is -0.494 e. The first-order chi connectivity index (χ1) is 19.3. The van der Waals surface area contributed by atoms with Crippen molar-refractivity contribution in [2.24, 2.45) is 0 Å². The van der Waals surface area contributed by atoms with Crippen molar-refractivity contribution in [2.75, 3.05) is 62.4 Å². The summed E-state index contributed by atoms with van der Waals surface area (Å²) in [5.41, 5.74) is 1.52. The molecule has 2 N–H and O–H groups in total. The fourth-order valence-corrected chi connectivity index (χ4v) is 5.33. The molecule has 4 aromatic rings. The van der Waals surface area contributed by atoms with E-state index in [4.69, 9.17) is 9.47 Å². The number of para-hydroxylation sites is 1. The Labute approximate surface area is 229 Å². The molecule has 2 aromatic carbocycles. The molecular formula is C25H28F2N8O4S. The highest BCUT2D eigenvalue weighted by Crippen LogP contribution is 2.32. The summed E-state index contributed by atoms with van der Waals surface area (Å²) >= 11 is 0. The fourth-order valence-electron chi connectivity index (χ4n) is 4.25. The molecule has 1 fully saturated rings. The second-order valence-electron chi connectivity index (χ2n) is 8.89. The number of halogens is 2. The summed E-state index contributed by atoms with van der Waals surface area (Å²) < 4.78 is 67.6. The van der Waals surface area contributed by atoms with Gasteiger partial charge in [0.25, 0.3) is 6.43 Å². The summed E-state index contributed by atoms with van der Waals surface area (Å²) in [6, 6.07) is 11.4. The van der Waals surface area contributed by atoms with E-state index in [-0.39, 0.29) is 23.0 Å². The quantitative estimate of drug-likeness (QED) is 0.291. The minimum absolute atomic E-state index is 0.0330. The number of sulfonamides is 1. The first kappa shape index (κ1) is 27.6. The third-order valence-electron chi connectivity index (χ3n) is 6.23.